The first-order valence-corrected chi connectivity index (χ1v) is 13.5. The standard InChI is InChI=1S/C29H21ClN2O5S/c1-18(33)20-7-5-9-23(15-20)31-28(34)21-12-13-27-25(16-21)32(17-19-6-4-8-22(30)14-19)29(35)24-10-2-3-11-26(24)38(27,36)37/h2-16H,17H2,1H3,(H,31,34). The molecule has 0 atom stereocenters. The van der Waals surface area contributed by atoms with Gasteiger partial charge in [0.1, 0.15) is 0 Å². The van der Waals surface area contributed by atoms with E-state index >= 15 is 0 Å². The zero-order chi connectivity index (χ0) is 27.0. The number of rotatable bonds is 5. The fourth-order valence-electron chi connectivity index (χ4n) is 4.34. The summed E-state index contributed by atoms with van der Waals surface area (Å²) in [5.74, 6) is -1.19. The maximum absolute atomic E-state index is 13.7. The summed E-state index contributed by atoms with van der Waals surface area (Å²) in [4.78, 5) is 39.8. The van der Waals surface area contributed by atoms with Gasteiger partial charge in [0, 0.05) is 21.8 Å². The first-order chi connectivity index (χ1) is 18.1. The molecule has 38 heavy (non-hydrogen) atoms. The number of fused-ring (bicyclic) bond motifs is 2. The Bertz CT molecular complexity index is 1730. The van der Waals surface area contributed by atoms with Gasteiger partial charge in [0.05, 0.1) is 27.6 Å². The highest BCUT2D eigenvalue weighted by Gasteiger charge is 2.36. The van der Waals surface area contributed by atoms with Crippen molar-refractivity contribution in [1.29, 1.82) is 0 Å². The fourth-order valence-corrected chi connectivity index (χ4v) is 6.19. The lowest BCUT2D eigenvalue weighted by molar-refractivity contribution is 0.0978. The highest BCUT2D eigenvalue weighted by atomic mass is 35.5. The number of hydrogen-bond acceptors (Lipinski definition) is 5. The van der Waals surface area contributed by atoms with Crippen LogP contribution in [0.15, 0.2) is 101 Å². The molecule has 0 spiro atoms. The van der Waals surface area contributed by atoms with Crippen molar-refractivity contribution < 1.29 is 22.8 Å². The lowest BCUT2D eigenvalue weighted by atomic mass is 10.1. The zero-order valence-corrected chi connectivity index (χ0v) is 21.7. The SMILES string of the molecule is CC(=O)c1cccc(NC(=O)c2ccc3c(c2)N(Cc2cccc(Cl)c2)C(=O)c2ccccc2S3(=O)=O)c1. The molecular formula is C29H21ClN2O5S. The van der Waals surface area contributed by atoms with Crippen LogP contribution in [0.3, 0.4) is 0 Å². The minimum atomic E-state index is -4.08. The summed E-state index contributed by atoms with van der Waals surface area (Å²) in [6.45, 7) is 1.46. The van der Waals surface area contributed by atoms with Crippen molar-refractivity contribution in [2.45, 2.75) is 23.3 Å². The topological polar surface area (TPSA) is 101 Å². The smallest absolute Gasteiger partial charge is 0.259 e. The van der Waals surface area contributed by atoms with Gasteiger partial charge in [0.15, 0.2) is 5.78 Å². The predicted octanol–water partition coefficient (Wildman–Crippen LogP) is 5.79. The van der Waals surface area contributed by atoms with Gasteiger partial charge in [0.2, 0.25) is 9.84 Å². The second-order valence-electron chi connectivity index (χ2n) is 8.79. The number of carbonyl (C=O) groups is 3. The second kappa shape index (κ2) is 9.89. The summed E-state index contributed by atoms with van der Waals surface area (Å²) in [6, 6.07) is 23.6. The van der Waals surface area contributed by atoms with E-state index in [0.29, 0.717) is 21.8 Å². The Morgan fingerprint density at radius 2 is 1.61 bits per heavy atom. The normalized spacial score (nSPS) is 13.7. The minimum absolute atomic E-state index is 0.0297. The summed E-state index contributed by atoms with van der Waals surface area (Å²) in [7, 11) is -4.08. The molecule has 0 saturated carbocycles. The molecule has 0 unspecified atom stereocenters. The van der Waals surface area contributed by atoms with Gasteiger partial charge in [-0.2, -0.15) is 0 Å². The van der Waals surface area contributed by atoms with Crippen LogP contribution in [0, 0.1) is 0 Å². The molecule has 4 aromatic carbocycles. The number of anilines is 2. The van der Waals surface area contributed by atoms with Crippen LogP contribution in [-0.4, -0.2) is 26.0 Å². The van der Waals surface area contributed by atoms with Gasteiger partial charge in [-0.05, 0) is 67.1 Å². The van der Waals surface area contributed by atoms with Crippen LogP contribution in [0.2, 0.25) is 5.02 Å². The summed E-state index contributed by atoms with van der Waals surface area (Å²) < 4.78 is 27.3. The number of halogens is 1. The Kier molecular flexibility index (Phi) is 6.60. The first kappa shape index (κ1) is 25.4. The Labute approximate surface area is 224 Å². The summed E-state index contributed by atoms with van der Waals surface area (Å²) in [5.41, 5.74) is 1.79. The number of amides is 2. The predicted molar refractivity (Wildman–Crippen MR) is 145 cm³/mol. The molecule has 1 aliphatic rings. The molecule has 0 aliphatic carbocycles. The Morgan fingerprint density at radius 3 is 2.37 bits per heavy atom. The van der Waals surface area contributed by atoms with E-state index in [4.69, 9.17) is 11.6 Å². The molecule has 1 heterocycles. The van der Waals surface area contributed by atoms with E-state index in [1.54, 1.807) is 60.7 Å². The molecule has 0 saturated heterocycles. The third kappa shape index (κ3) is 4.71. The van der Waals surface area contributed by atoms with Gasteiger partial charge in [-0.25, -0.2) is 8.42 Å². The number of Topliss-reactive ketones (excluding diaryl/α,β-unsaturated/α-hetero) is 1. The maximum Gasteiger partial charge on any atom is 0.259 e. The summed E-state index contributed by atoms with van der Waals surface area (Å²) in [6.07, 6.45) is 0. The number of nitrogens with one attached hydrogen (secondary N) is 1. The fraction of sp³-hybridized carbons (Fsp3) is 0.0690. The average Bonchev–Trinajstić information content (AvgIpc) is 2.97. The molecule has 190 valence electrons. The maximum atomic E-state index is 13.7. The minimum Gasteiger partial charge on any atom is -0.322 e. The van der Waals surface area contributed by atoms with E-state index in [1.807, 2.05) is 0 Å². The quantitative estimate of drug-likeness (QED) is 0.321. The molecule has 4 aromatic rings. The molecule has 5 rings (SSSR count). The van der Waals surface area contributed by atoms with E-state index < -0.39 is 21.7 Å². The molecule has 0 bridgehead atoms. The Balaban J connectivity index is 1.62. The largest absolute Gasteiger partial charge is 0.322 e. The number of sulfone groups is 1. The summed E-state index contributed by atoms with van der Waals surface area (Å²) in [5, 5.41) is 3.21. The molecule has 0 radical (unpaired) electrons. The van der Waals surface area contributed by atoms with E-state index in [2.05, 4.69) is 5.32 Å². The molecule has 2 amide bonds. The van der Waals surface area contributed by atoms with Crippen LogP contribution in [0.1, 0.15) is 43.6 Å². The lowest BCUT2D eigenvalue weighted by Crippen LogP contribution is -2.30. The third-order valence-electron chi connectivity index (χ3n) is 6.21. The molecule has 7 nitrogen and oxygen atoms in total. The van der Waals surface area contributed by atoms with E-state index in [1.165, 1.54) is 42.2 Å². The average molecular weight is 545 g/mol. The lowest BCUT2D eigenvalue weighted by Gasteiger charge is -2.23. The van der Waals surface area contributed by atoms with Crippen LogP contribution in [-0.2, 0) is 16.4 Å². The van der Waals surface area contributed by atoms with Crippen LogP contribution in [0.4, 0.5) is 11.4 Å². The van der Waals surface area contributed by atoms with Crippen LogP contribution in [0.25, 0.3) is 0 Å². The molecule has 1 aliphatic heterocycles. The van der Waals surface area contributed by atoms with Gasteiger partial charge >= 0.3 is 0 Å². The zero-order valence-electron chi connectivity index (χ0n) is 20.1. The van der Waals surface area contributed by atoms with Crippen molar-refractivity contribution in [3.63, 3.8) is 0 Å². The van der Waals surface area contributed by atoms with E-state index in [0.717, 1.165) is 0 Å². The highest BCUT2D eigenvalue weighted by molar-refractivity contribution is 7.91. The van der Waals surface area contributed by atoms with Gasteiger partial charge in [-0.3, -0.25) is 14.4 Å². The Hall–Kier alpha value is -4.27. The van der Waals surface area contributed by atoms with Gasteiger partial charge in [-0.15, -0.1) is 0 Å². The van der Waals surface area contributed by atoms with Crippen molar-refractivity contribution in [2.75, 3.05) is 10.2 Å². The third-order valence-corrected chi connectivity index (χ3v) is 8.30. The molecule has 0 aromatic heterocycles. The molecule has 0 fully saturated rings. The number of ketones is 1. The van der Waals surface area contributed by atoms with E-state index in [-0.39, 0.29) is 38.9 Å². The monoisotopic (exact) mass is 544 g/mol. The van der Waals surface area contributed by atoms with Crippen molar-refractivity contribution in [3.8, 4) is 0 Å². The molecular weight excluding hydrogens is 524 g/mol. The van der Waals surface area contributed by atoms with Crippen molar-refractivity contribution in [2.24, 2.45) is 0 Å². The van der Waals surface area contributed by atoms with Crippen LogP contribution < -0.4 is 10.2 Å². The van der Waals surface area contributed by atoms with Crippen LogP contribution in [0.5, 0.6) is 0 Å². The van der Waals surface area contributed by atoms with Crippen molar-refractivity contribution in [3.05, 3.63) is 118 Å². The second-order valence-corrected chi connectivity index (χ2v) is 11.1. The van der Waals surface area contributed by atoms with Crippen molar-refractivity contribution in [1.82, 2.24) is 0 Å². The van der Waals surface area contributed by atoms with Gasteiger partial charge in [-0.1, -0.05) is 48.0 Å². The Morgan fingerprint density at radius 1 is 0.842 bits per heavy atom. The van der Waals surface area contributed by atoms with Crippen LogP contribution >= 0.6 is 11.6 Å². The van der Waals surface area contributed by atoms with Gasteiger partial charge < -0.3 is 10.2 Å². The number of benzene rings is 4. The van der Waals surface area contributed by atoms with E-state index in [9.17, 15) is 22.8 Å². The first-order valence-electron chi connectivity index (χ1n) is 11.6. The van der Waals surface area contributed by atoms with Crippen molar-refractivity contribution >= 4 is 50.4 Å². The molecule has 1 N–H and O–H groups in total. The highest BCUT2D eigenvalue weighted by Crippen LogP contribution is 2.38. The van der Waals surface area contributed by atoms with Gasteiger partial charge in [0.25, 0.3) is 11.8 Å². The summed E-state index contributed by atoms with van der Waals surface area (Å²) >= 11 is 6.16. The molecule has 9 heteroatoms. The number of carbonyl (C=O) groups excluding carboxylic acids is 3. The number of nitrogens with zero attached hydrogens (tertiary/aromatic N) is 1. The number of hydrogen-bond donors (Lipinski definition) is 1.